The van der Waals surface area contributed by atoms with Gasteiger partial charge in [0.05, 0.1) is 17.9 Å². The van der Waals surface area contributed by atoms with Crippen LogP contribution in [0.3, 0.4) is 0 Å². The molecular formula is C11H10BrNO4. The third-order valence-electron chi connectivity index (χ3n) is 2.46. The molecule has 0 unspecified atom stereocenters. The van der Waals surface area contributed by atoms with Crippen molar-refractivity contribution in [2.45, 2.75) is 6.42 Å². The number of aromatic carboxylic acids is 1. The number of carbonyl (C=O) groups is 2. The average Bonchev–Trinajstić information content (AvgIpc) is 2.30. The Morgan fingerprint density at radius 2 is 2.24 bits per heavy atom. The monoisotopic (exact) mass is 299 g/mol. The molecular weight excluding hydrogens is 290 g/mol. The summed E-state index contributed by atoms with van der Waals surface area (Å²) in [5.41, 5.74) is 0.663. The van der Waals surface area contributed by atoms with Crippen molar-refractivity contribution in [2.24, 2.45) is 0 Å². The summed E-state index contributed by atoms with van der Waals surface area (Å²) in [6, 6.07) is 4.55. The fourth-order valence-electron chi connectivity index (χ4n) is 1.62. The summed E-state index contributed by atoms with van der Waals surface area (Å²) in [6.45, 7) is 0.937. The summed E-state index contributed by atoms with van der Waals surface area (Å²) in [5, 5.41) is 8.91. The normalized spacial score (nSPS) is 15.6. The smallest absolute Gasteiger partial charge is 0.414 e. The maximum Gasteiger partial charge on any atom is 0.414 e. The van der Waals surface area contributed by atoms with Gasteiger partial charge in [-0.3, -0.25) is 4.90 Å². The number of hydrogen-bond donors (Lipinski definition) is 1. The van der Waals surface area contributed by atoms with Crippen molar-refractivity contribution in [3.8, 4) is 0 Å². The largest absolute Gasteiger partial charge is 0.478 e. The molecule has 1 aromatic carbocycles. The predicted molar refractivity (Wildman–Crippen MR) is 64.4 cm³/mol. The Labute approximate surface area is 106 Å². The second-order valence-electron chi connectivity index (χ2n) is 3.59. The number of cyclic esters (lactones) is 1. The van der Waals surface area contributed by atoms with E-state index in [2.05, 4.69) is 15.9 Å². The number of ether oxygens (including phenoxy) is 1. The molecule has 0 aromatic heterocycles. The van der Waals surface area contributed by atoms with Crippen molar-refractivity contribution in [1.29, 1.82) is 0 Å². The van der Waals surface area contributed by atoms with Crippen LogP contribution in [0.5, 0.6) is 0 Å². The quantitative estimate of drug-likeness (QED) is 0.911. The lowest BCUT2D eigenvalue weighted by Gasteiger charge is -2.27. The van der Waals surface area contributed by atoms with E-state index in [1.165, 1.54) is 17.0 Å². The van der Waals surface area contributed by atoms with Crippen molar-refractivity contribution in [2.75, 3.05) is 18.1 Å². The highest BCUT2D eigenvalue weighted by Gasteiger charge is 2.23. The van der Waals surface area contributed by atoms with Gasteiger partial charge in [-0.25, -0.2) is 9.59 Å². The number of anilines is 1. The zero-order valence-electron chi connectivity index (χ0n) is 8.85. The Kier molecular flexibility index (Phi) is 3.33. The zero-order valence-corrected chi connectivity index (χ0v) is 10.4. The number of amides is 1. The number of rotatable bonds is 2. The standard InChI is InChI=1S/C11H10BrNO4/c12-8-3-2-7(10(14)15)6-9(8)13-4-1-5-17-11(13)16/h2-3,6H,1,4-5H2,(H,14,15). The molecule has 1 N–H and O–H groups in total. The van der Waals surface area contributed by atoms with Crippen LogP contribution in [-0.4, -0.2) is 30.3 Å². The summed E-state index contributed by atoms with van der Waals surface area (Å²) in [7, 11) is 0. The lowest BCUT2D eigenvalue weighted by molar-refractivity contribution is 0.0696. The second-order valence-corrected chi connectivity index (χ2v) is 4.45. The molecule has 2 rings (SSSR count). The molecule has 0 atom stereocenters. The summed E-state index contributed by atoms with van der Waals surface area (Å²) >= 11 is 3.30. The van der Waals surface area contributed by atoms with E-state index in [4.69, 9.17) is 9.84 Å². The topological polar surface area (TPSA) is 66.8 Å². The predicted octanol–water partition coefficient (Wildman–Crippen LogP) is 2.49. The van der Waals surface area contributed by atoms with E-state index < -0.39 is 12.1 Å². The molecule has 1 aromatic rings. The first-order chi connectivity index (χ1) is 8.09. The summed E-state index contributed by atoms with van der Waals surface area (Å²) < 4.78 is 5.59. The van der Waals surface area contributed by atoms with Crippen molar-refractivity contribution in [3.63, 3.8) is 0 Å². The van der Waals surface area contributed by atoms with Gasteiger partial charge in [0.15, 0.2) is 0 Å². The van der Waals surface area contributed by atoms with Gasteiger partial charge in [-0.15, -0.1) is 0 Å². The number of carboxylic acids is 1. The molecule has 0 saturated carbocycles. The van der Waals surface area contributed by atoms with E-state index in [0.717, 1.165) is 6.42 Å². The lowest BCUT2D eigenvalue weighted by atomic mass is 10.2. The number of halogens is 1. The number of carbonyl (C=O) groups excluding carboxylic acids is 1. The minimum atomic E-state index is -1.02. The Morgan fingerprint density at radius 1 is 1.47 bits per heavy atom. The minimum absolute atomic E-state index is 0.140. The SMILES string of the molecule is O=C(O)c1ccc(Br)c(N2CCCOC2=O)c1. The molecule has 5 nitrogen and oxygen atoms in total. The number of benzene rings is 1. The van der Waals surface area contributed by atoms with Gasteiger partial charge in [-0.1, -0.05) is 0 Å². The van der Waals surface area contributed by atoms with E-state index in [1.807, 2.05) is 0 Å². The van der Waals surface area contributed by atoms with E-state index in [1.54, 1.807) is 6.07 Å². The molecule has 1 heterocycles. The van der Waals surface area contributed by atoms with Crippen molar-refractivity contribution < 1.29 is 19.4 Å². The van der Waals surface area contributed by atoms with Crippen molar-refractivity contribution in [1.82, 2.24) is 0 Å². The minimum Gasteiger partial charge on any atom is -0.478 e. The Hall–Kier alpha value is -1.56. The van der Waals surface area contributed by atoms with Gasteiger partial charge >= 0.3 is 12.1 Å². The van der Waals surface area contributed by atoms with Crippen LogP contribution in [0, 0.1) is 0 Å². The molecule has 0 bridgehead atoms. The van der Waals surface area contributed by atoms with Crippen LogP contribution in [-0.2, 0) is 4.74 Å². The molecule has 1 aliphatic rings. The molecule has 6 heteroatoms. The van der Waals surface area contributed by atoms with Crippen LogP contribution in [0.2, 0.25) is 0 Å². The number of hydrogen-bond acceptors (Lipinski definition) is 3. The average molecular weight is 300 g/mol. The van der Waals surface area contributed by atoms with Gasteiger partial charge in [-0.2, -0.15) is 0 Å². The van der Waals surface area contributed by atoms with E-state index >= 15 is 0 Å². The fraction of sp³-hybridized carbons (Fsp3) is 0.273. The molecule has 0 spiro atoms. The van der Waals surface area contributed by atoms with Crippen LogP contribution in [0.15, 0.2) is 22.7 Å². The third kappa shape index (κ3) is 2.41. The van der Waals surface area contributed by atoms with Crippen LogP contribution in [0.25, 0.3) is 0 Å². The lowest BCUT2D eigenvalue weighted by Crippen LogP contribution is -2.38. The molecule has 90 valence electrons. The molecule has 0 aliphatic carbocycles. The van der Waals surface area contributed by atoms with Crippen LogP contribution >= 0.6 is 15.9 Å². The highest BCUT2D eigenvalue weighted by atomic mass is 79.9. The van der Waals surface area contributed by atoms with E-state index in [9.17, 15) is 9.59 Å². The highest BCUT2D eigenvalue weighted by Crippen LogP contribution is 2.29. The zero-order chi connectivity index (χ0) is 12.4. The van der Waals surface area contributed by atoms with Gasteiger partial charge in [0, 0.05) is 11.0 Å². The number of carboxylic acid groups (broad SMARTS) is 1. The molecule has 1 fully saturated rings. The van der Waals surface area contributed by atoms with Gasteiger partial charge in [0.2, 0.25) is 0 Å². The molecule has 1 aliphatic heterocycles. The van der Waals surface area contributed by atoms with Gasteiger partial charge < -0.3 is 9.84 Å². The van der Waals surface area contributed by atoms with Crippen molar-refractivity contribution in [3.05, 3.63) is 28.2 Å². The van der Waals surface area contributed by atoms with Crippen molar-refractivity contribution >= 4 is 33.7 Å². The van der Waals surface area contributed by atoms with Crippen LogP contribution < -0.4 is 4.90 Å². The molecule has 1 amide bonds. The Morgan fingerprint density at radius 3 is 2.88 bits per heavy atom. The summed E-state index contributed by atoms with van der Waals surface area (Å²) in [5.74, 6) is -1.02. The Balaban J connectivity index is 2.39. The van der Waals surface area contributed by atoms with Crippen LogP contribution in [0.4, 0.5) is 10.5 Å². The summed E-state index contributed by atoms with van der Waals surface area (Å²) in [6.07, 6.45) is 0.287. The number of nitrogens with zero attached hydrogens (tertiary/aromatic N) is 1. The first-order valence-corrected chi connectivity index (χ1v) is 5.86. The van der Waals surface area contributed by atoms with Crippen LogP contribution in [0.1, 0.15) is 16.8 Å². The fourth-order valence-corrected chi connectivity index (χ4v) is 2.08. The first-order valence-electron chi connectivity index (χ1n) is 5.07. The van der Waals surface area contributed by atoms with E-state index in [-0.39, 0.29) is 5.56 Å². The second kappa shape index (κ2) is 4.75. The summed E-state index contributed by atoms with van der Waals surface area (Å²) in [4.78, 5) is 23.9. The Bertz CT molecular complexity index is 475. The maximum atomic E-state index is 11.6. The molecule has 0 radical (unpaired) electrons. The van der Waals surface area contributed by atoms with E-state index in [0.29, 0.717) is 23.3 Å². The highest BCUT2D eigenvalue weighted by molar-refractivity contribution is 9.10. The van der Waals surface area contributed by atoms with Gasteiger partial charge in [-0.05, 0) is 40.5 Å². The third-order valence-corrected chi connectivity index (χ3v) is 3.13. The molecule has 17 heavy (non-hydrogen) atoms. The molecule has 1 saturated heterocycles. The maximum absolute atomic E-state index is 11.6. The van der Waals surface area contributed by atoms with Gasteiger partial charge in [0.25, 0.3) is 0 Å². The van der Waals surface area contributed by atoms with Gasteiger partial charge in [0.1, 0.15) is 0 Å². The first kappa shape index (κ1) is 11.9.